The number of rotatable bonds is 3. The van der Waals surface area contributed by atoms with Crippen molar-refractivity contribution in [3.8, 4) is 0 Å². The van der Waals surface area contributed by atoms with E-state index in [2.05, 4.69) is 5.32 Å². The minimum absolute atomic E-state index is 0.124. The van der Waals surface area contributed by atoms with E-state index in [1.807, 2.05) is 0 Å². The highest BCUT2D eigenvalue weighted by atomic mass is 19.1. The standard InChI is InChI=1S/C14H16F2N2O3/c15-9-4-5-12(11(16)7-9)17-14(21)18-6-2-1-3-10(18)8-13(19)20/h4-5,7,10H,1-3,6,8H2,(H,17,21)(H,19,20). The number of likely N-dealkylation sites (tertiary alicyclic amines) is 1. The molecule has 0 spiro atoms. The van der Waals surface area contributed by atoms with Crippen molar-refractivity contribution >= 4 is 17.7 Å². The Labute approximate surface area is 120 Å². The number of benzene rings is 1. The quantitative estimate of drug-likeness (QED) is 0.901. The highest BCUT2D eigenvalue weighted by molar-refractivity contribution is 5.90. The van der Waals surface area contributed by atoms with Gasteiger partial charge in [0, 0.05) is 18.7 Å². The molecular formula is C14H16F2N2O3. The molecule has 1 fully saturated rings. The first-order chi connectivity index (χ1) is 9.97. The summed E-state index contributed by atoms with van der Waals surface area (Å²) in [5.74, 6) is -2.57. The molecule has 2 amide bonds. The van der Waals surface area contributed by atoms with Gasteiger partial charge in [0.15, 0.2) is 0 Å². The largest absolute Gasteiger partial charge is 0.481 e. The van der Waals surface area contributed by atoms with E-state index in [4.69, 9.17) is 5.11 Å². The van der Waals surface area contributed by atoms with Crippen molar-refractivity contribution in [2.24, 2.45) is 0 Å². The van der Waals surface area contributed by atoms with Crippen LogP contribution in [0.1, 0.15) is 25.7 Å². The molecule has 5 nitrogen and oxygen atoms in total. The van der Waals surface area contributed by atoms with E-state index < -0.39 is 29.7 Å². The topological polar surface area (TPSA) is 69.6 Å². The average Bonchev–Trinajstić information content (AvgIpc) is 2.42. The summed E-state index contributed by atoms with van der Waals surface area (Å²) < 4.78 is 26.3. The number of carbonyl (C=O) groups is 2. The summed E-state index contributed by atoms with van der Waals surface area (Å²) in [5, 5.41) is 11.2. The summed E-state index contributed by atoms with van der Waals surface area (Å²) in [6.45, 7) is 0.423. The van der Waals surface area contributed by atoms with Crippen molar-refractivity contribution in [2.45, 2.75) is 31.7 Å². The van der Waals surface area contributed by atoms with Crippen LogP contribution in [0, 0.1) is 11.6 Å². The number of urea groups is 1. The molecule has 0 aliphatic carbocycles. The number of anilines is 1. The molecule has 2 rings (SSSR count). The third-order valence-corrected chi connectivity index (χ3v) is 3.47. The summed E-state index contributed by atoms with van der Waals surface area (Å²) in [6, 6.07) is 1.90. The molecule has 0 bridgehead atoms. The maximum atomic E-state index is 13.5. The van der Waals surface area contributed by atoms with Gasteiger partial charge in [-0.3, -0.25) is 4.79 Å². The first-order valence-electron chi connectivity index (χ1n) is 6.72. The molecule has 2 N–H and O–H groups in total. The minimum Gasteiger partial charge on any atom is -0.481 e. The molecule has 1 heterocycles. The van der Waals surface area contributed by atoms with Crippen molar-refractivity contribution in [3.05, 3.63) is 29.8 Å². The Morgan fingerprint density at radius 2 is 2.10 bits per heavy atom. The Balaban J connectivity index is 2.08. The molecule has 1 saturated heterocycles. The Hall–Kier alpha value is -2.18. The lowest BCUT2D eigenvalue weighted by Crippen LogP contribution is -2.46. The summed E-state index contributed by atoms with van der Waals surface area (Å²) >= 11 is 0. The van der Waals surface area contributed by atoms with Crippen LogP contribution < -0.4 is 5.32 Å². The lowest BCUT2D eigenvalue weighted by Gasteiger charge is -2.34. The highest BCUT2D eigenvalue weighted by Crippen LogP contribution is 2.22. The van der Waals surface area contributed by atoms with Crippen LogP contribution in [0.2, 0.25) is 0 Å². The van der Waals surface area contributed by atoms with E-state index in [-0.39, 0.29) is 12.1 Å². The highest BCUT2D eigenvalue weighted by Gasteiger charge is 2.28. The zero-order chi connectivity index (χ0) is 15.4. The van der Waals surface area contributed by atoms with Crippen LogP contribution in [0.5, 0.6) is 0 Å². The number of hydrogen-bond donors (Lipinski definition) is 2. The van der Waals surface area contributed by atoms with Crippen molar-refractivity contribution in [1.29, 1.82) is 0 Å². The summed E-state index contributed by atoms with van der Waals surface area (Å²) in [6.07, 6.45) is 2.09. The van der Waals surface area contributed by atoms with Crippen LogP contribution in [-0.4, -0.2) is 34.6 Å². The molecule has 21 heavy (non-hydrogen) atoms. The number of piperidine rings is 1. The van der Waals surface area contributed by atoms with Gasteiger partial charge >= 0.3 is 12.0 Å². The summed E-state index contributed by atoms with van der Waals surface area (Å²) in [4.78, 5) is 24.4. The number of nitrogens with zero attached hydrogens (tertiary/aromatic N) is 1. The second-order valence-corrected chi connectivity index (χ2v) is 5.00. The average molecular weight is 298 g/mol. The number of amides is 2. The fourth-order valence-corrected chi connectivity index (χ4v) is 2.46. The van der Waals surface area contributed by atoms with Crippen LogP contribution in [0.4, 0.5) is 19.3 Å². The van der Waals surface area contributed by atoms with Gasteiger partial charge in [0.2, 0.25) is 0 Å². The monoisotopic (exact) mass is 298 g/mol. The fourth-order valence-electron chi connectivity index (χ4n) is 2.46. The molecular weight excluding hydrogens is 282 g/mol. The predicted octanol–water partition coefficient (Wildman–Crippen LogP) is 2.83. The second kappa shape index (κ2) is 6.51. The Kier molecular flexibility index (Phi) is 4.72. The van der Waals surface area contributed by atoms with E-state index >= 15 is 0 Å². The summed E-state index contributed by atoms with van der Waals surface area (Å²) in [5.41, 5.74) is -0.124. The number of aliphatic carboxylic acids is 1. The maximum absolute atomic E-state index is 13.5. The van der Waals surface area contributed by atoms with E-state index in [0.29, 0.717) is 19.0 Å². The summed E-state index contributed by atoms with van der Waals surface area (Å²) in [7, 11) is 0. The first kappa shape index (κ1) is 15.2. The van der Waals surface area contributed by atoms with Crippen LogP contribution in [0.15, 0.2) is 18.2 Å². The zero-order valence-corrected chi connectivity index (χ0v) is 11.3. The normalized spacial score (nSPS) is 18.4. The lowest BCUT2D eigenvalue weighted by molar-refractivity contribution is -0.138. The molecule has 1 atom stereocenters. The van der Waals surface area contributed by atoms with Gasteiger partial charge < -0.3 is 15.3 Å². The van der Waals surface area contributed by atoms with Gasteiger partial charge in [-0.1, -0.05) is 0 Å². The van der Waals surface area contributed by atoms with Crippen LogP contribution in [0.25, 0.3) is 0 Å². The number of nitrogens with one attached hydrogen (secondary N) is 1. The van der Waals surface area contributed by atoms with Gasteiger partial charge in [0.25, 0.3) is 0 Å². The SMILES string of the molecule is O=C(O)CC1CCCCN1C(=O)Nc1ccc(F)cc1F. The zero-order valence-electron chi connectivity index (χ0n) is 11.3. The van der Waals surface area contributed by atoms with Crippen LogP contribution >= 0.6 is 0 Å². The van der Waals surface area contributed by atoms with Crippen molar-refractivity contribution in [3.63, 3.8) is 0 Å². The number of halogens is 2. The van der Waals surface area contributed by atoms with E-state index in [1.165, 1.54) is 4.90 Å². The van der Waals surface area contributed by atoms with Gasteiger partial charge in [0.05, 0.1) is 12.1 Å². The van der Waals surface area contributed by atoms with E-state index in [0.717, 1.165) is 25.0 Å². The van der Waals surface area contributed by atoms with Crippen molar-refractivity contribution in [2.75, 3.05) is 11.9 Å². The molecule has 0 radical (unpaired) electrons. The third-order valence-electron chi connectivity index (χ3n) is 3.47. The smallest absolute Gasteiger partial charge is 0.322 e. The predicted molar refractivity (Wildman–Crippen MR) is 72.0 cm³/mol. The Morgan fingerprint density at radius 3 is 2.76 bits per heavy atom. The van der Waals surface area contributed by atoms with Crippen LogP contribution in [-0.2, 0) is 4.79 Å². The van der Waals surface area contributed by atoms with Gasteiger partial charge in [-0.2, -0.15) is 0 Å². The maximum Gasteiger partial charge on any atom is 0.322 e. The van der Waals surface area contributed by atoms with Gasteiger partial charge in [-0.25, -0.2) is 13.6 Å². The van der Waals surface area contributed by atoms with E-state index in [9.17, 15) is 18.4 Å². The third kappa shape index (κ3) is 3.90. The molecule has 0 saturated carbocycles. The number of hydrogen-bond acceptors (Lipinski definition) is 2. The molecule has 1 aromatic carbocycles. The molecule has 114 valence electrons. The fraction of sp³-hybridized carbons (Fsp3) is 0.429. The van der Waals surface area contributed by atoms with Gasteiger partial charge in [0.1, 0.15) is 11.6 Å². The van der Waals surface area contributed by atoms with Crippen LogP contribution in [0.3, 0.4) is 0 Å². The Morgan fingerprint density at radius 1 is 1.33 bits per heavy atom. The Bertz CT molecular complexity index is 551. The number of carboxylic acids is 1. The minimum atomic E-state index is -0.979. The molecule has 1 aliphatic rings. The number of carbonyl (C=O) groups excluding carboxylic acids is 1. The molecule has 0 aromatic heterocycles. The molecule has 1 unspecified atom stereocenters. The van der Waals surface area contributed by atoms with Gasteiger partial charge in [-0.05, 0) is 31.4 Å². The van der Waals surface area contributed by atoms with Gasteiger partial charge in [-0.15, -0.1) is 0 Å². The van der Waals surface area contributed by atoms with E-state index in [1.54, 1.807) is 0 Å². The first-order valence-corrected chi connectivity index (χ1v) is 6.72. The molecule has 7 heteroatoms. The second-order valence-electron chi connectivity index (χ2n) is 5.00. The lowest BCUT2D eigenvalue weighted by atomic mass is 10.00. The number of carboxylic acid groups (broad SMARTS) is 1. The molecule has 1 aliphatic heterocycles. The van der Waals surface area contributed by atoms with Crippen molar-refractivity contribution < 1.29 is 23.5 Å². The molecule has 1 aromatic rings. The van der Waals surface area contributed by atoms with Crippen molar-refractivity contribution in [1.82, 2.24) is 4.90 Å².